The monoisotopic (exact) mass is 298 g/mol. The number of hydrogen-bond acceptors (Lipinski definition) is 1. The predicted octanol–water partition coefficient (Wildman–Crippen LogP) is 4.30. The number of ether oxygens (including phenoxy) is 1. The molecule has 0 saturated heterocycles. The van der Waals surface area contributed by atoms with Crippen LogP contribution in [0.3, 0.4) is 0 Å². The van der Waals surface area contributed by atoms with E-state index in [0.717, 1.165) is 6.42 Å². The summed E-state index contributed by atoms with van der Waals surface area (Å²) in [5.74, 6) is 0.154. The first-order chi connectivity index (χ1) is 8.22. The summed E-state index contributed by atoms with van der Waals surface area (Å²) >= 11 is 3.74. The smallest absolute Gasteiger partial charge is 0.165 e. The molecule has 2 fully saturated rings. The van der Waals surface area contributed by atoms with Crippen LogP contribution < -0.4 is 4.74 Å². The number of rotatable bonds is 2. The van der Waals surface area contributed by atoms with Crippen LogP contribution in [0.4, 0.5) is 4.39 Å². The minimum absolute atomic E-state index is 0.186. The molecule has 1 aromatic rings. The summed E-state index contributed by atoms with van der Waals surface area (Å²) in [5.41, 5.74) is 0.266. The highest BCUT2D eigenvalue weighted by molar-refractivity contribution is 9.09. The molecule has 0 amide bonds. The zero-order valence-corrected chi connectivity index (χ0v) is 11.2. The van der Waals surface area contributed by atoms with Crippen molar-refractivity contribution in [3.8, 4) is 5.75 Å². The van der Waals surface area contributed by atoms with Gasteiger partial charge in [0.25, 0.3) is 0 Å². The third kappa shape index (κ3) is 1.79. The Hall–Kier alpha value is -0.570. The van der Waals surface area contributed by atoms with Gasteiger partial charge in [-0.2, -0.15) is 0 Å². The van der Waals surface area contributed by atoms with Crippen molar-refractivity contribution in [3.63, 3.8) is 0 Å². The van der Waals surface area contributed by atoms with E-state index in [1.54, 1.807) is 12.1 Å². The molecule has 0 heterocycles. The van der Waals surface area contributed by atoms with Gasteiger partial charge in [-0.05, 0) is 31.4 Å². The van der Waals surface area contributed by atoms with Crippen LogP contribution in [-0.4, -0.2) is 10.9 Å². The Morgan fingerprint density at radius 2 is 1.94 bits per heavy atom. The molecule has 0 bridgehead atoms. The van der Waals surface area contributed by atoms with E-state index in [9.17, 15) is 4.39 Å². The molecule has 1 aromatic carbocycles. The van der Waals surface area contributed by atoms with E-state index in [-0.39, 0.29) is 17.3 Å². The average Bonchev–Trinajstić information content (AvgIpc) is 2.83. The SMILES string of the molecule is Fc1ccccc1OC1CC(Br)C12CCCC2. The van der Waals surface area contributed by atoms with Gasteiger partial charge in [0.15, 0.2) is 11.6 Å². The van der Waals surface area contributed by atoms with Crippen LogP contribution in [0.5, 0.6) is 5.75 Å². The molecule has 17 heavy (non-hydrogen) atoms. The topological polar surface area (TPSA) is 9.23 Å². The molecule has 0 aromatic heterocycles. The lowest BCUT2D eigenvalue weighted by Gasteiger charge is -2.51. The number of alkyl halides is 1. The predicted molar refractivity (Wildman–Crippen MR) is 69.0 cm³/mol. The van der Waals surface area contributed by atoms with Crippen LogP contribution in [0.25, 0.3) is 0 Å². The molecule has 3 heteroatoms. The third-order valence-corrected chi connectivity index (χ3v) is 5.61. The van der Waals surface area contributed by atoms with Crippen LogP contribution >= 0.6 is 15.9 Å². The highest BCUT2D eigenvalue weighted by atomic mass is 79.9. The minimum atomic E-state index is -0.251. The zero-order chi connectivity index (χ0) is 11.9. The lowest BCUT2D eigenvalue weighted by molar-refractivity contribution is -0.0324. The maximum atomic E-state index is 13.5. The van der Waals surface area contributed by atoms with Crippen molar-refractivity contribution in [3.05, 3.63) is 30.1 Å². The van der Waals surface area contributed by atoms with Gasteiger partial charge in [0.05, 0.1) is 0 Å². The Labute approximate surface area is 109 Å². The first-order valence-corrected chi connectivity index (χ1v) is 7.19. The quantitative estimate of drug-likeness (QED) is 0.740. The largest absolute Gasteiger partial charge is 0.487 e. The van der Waals surface area contributed by atoms with Gasteiger partial charge in [-0.3, -0.25) is 0 Å². The summed E-state index contributed by atoms with van der Waals surface area (Å²) in [6, 6.07) is 6.70. The second-order valence-corrected chi connectivity index (χ2v) is 6.29. The zero-order valence-electron chi connectivity index (χ0n) is 9.66. The lowest BCUT2D eigenvalue weighted by Crippen LogP contribution is -2.55. The van der Waals surface area contributed by atoms with Crippen LogP contribution in [-0.2, 0) is 0 Å². The van der Waals surface area contributed by atoms with Crippen molar-refractivity contribution in [1.29, 1.82) is 0 Å². The van der Waals surface area contributed by atoms with Gasteiger partial charge >= 0.3 is 0 Å². The highest BCUT2D eigenvalue weighted by Gasteiger charge is 2.56. The van der Waals surface area contributed by atoms with Crippen molar-refractivity contribution in [1.82, 2.24) is 0 Å². The average molecular weight is 299 g/mol. The molecular weight excluding hydrogens is 283 g/mol. The summed E-state index contributed by atoms with van der Waals surface area (Å²) in [5, 5.41) is 0. The van der Waals surface area contributed by atoms with E-state index in [1.807, 2.05) is 6.07 Å². The molecule has 3 rings (SSSR count). The maximum absolute atomic E-state index is 13.5. The molecular formula is C14H16BrFO. The molecule has 0 N–H and O–H groups in total. The molecule has 1 nitrogen and oxygen atoms in total. The Morgan fingerprint density at radius 1 is 1.24 bits per heavy atom. The molecule has 0 aliphatic heterocycles. The fraction of sp³-hybridized carbons (Fsp3) is 0.571. The fourth-order valence-electron chi connectivity index (χ4n) is 3.23. The molecule has 2 aliphatic rings. The van der Waals surface area contributed by atoms with E-state index in [2.05, 4.69) is 15.9 Å². The van der Waals surface area contributed by atoms with Gasteiger partial charge in [-0.1, -0.05) is 40.9 Å². The number of benzene rings is 1. The van der Waals surface area contributed by atoms with E-state index < -0.39 is 0 Å². The van der Waals surface area contributed by atoms with Crippen molar-refractivity contribution >= 4 is 15.9 Å². The third-order valence-electron chi connectivity index (χ3n) is 4.33. The maximum Gasteiger partial charge on any atom is 0.165 e. The first-order valence-electron chi connectivity index (χ1n) is 6.28. The Balaban J connectivity index is 1.77. The second-order valence-electron chi connectivity index (χ2n) is 5.18. The van der Waals surface area contributed by atoms with Gasteiger partial charge in [0, 0.05) is 10.2 Å². The Kier molecular flexibility index (Phi) is 2.89. The van der Waals surface area contributed by atoms with E-state index >= 15 is 0 Å². The summed E-state index contributed by atoms with van der Waals surface area (Å²) in [4.78, 5) is 0.550. The van der Waals surface area contributed by atoms with Crippen molar-refractivity contribution in [2.75, 3.05) is 0 Å². The van der Waals surface area contributed by atoms with E-state index in [4.69, 9.17) is 4.74 Å². The summed E-state index contributed by atoms with van der Waals surface area (Å²) in [6.07, 6.45) is 6.16. The molecule has 0 radical (unpaired) electrons. The van der Waals surface area contributed by atoms with Gasteiger partial charge in [-0.25, -0.2) is 4.39 Å². The minimum Gasteiger partial charge on any atom is -0.487 e. The van der Waals surface area contributed by atoms with Crippen LogP contribution in [0.15, 0.2) is 24.3 Å². The van der Waals surface area contributed by atoms with Crippen LogP contribution in [0, 0.1) is 11.2 Å². The highest BCUT2D eigenvalue weighted by Crippen LogP contribution is 2.57. The van der Waals surface area contributed by atoms with E-state index in [1.165, 1.54) is 31.7 Å². The normalized spacial score (nSPS) is 30.2. The van der Waals surface area contributed by atoms with Crippen molar-refractivity contribution in [2.24, 2.45) is 5.41 Å². The molecule has 2 aliphatic carbocycles. The van der Waals surface area contributed by atoms with Gasteiger partial charge in [-0.15, -0.1) is 0 Å². The first kappa shape index (κ1) is 11.5. The van der Waals surface area contributed by atoms with Crippen LogP contribution in [0.1, 0.15) is 32.1 Å². The van der Waals surface area contributed by atoms with Crippen LogP contribution in [0.2, 0.25) is 0 Å². The van der Waals surface area contributed by atoms with Gasteiger partial charge in [0.2, 0.25) is 0 Å². The Morgan fingerprint density at radius 3 is 2.59 bits per heavy atom. The summed E-state index contributed by atoms with van der Waals surface area (Å²) < 4.78 is 19.4. The number of para-hydroxylation sites is 1. The molecule has 1 spiro atoms. The van der Waals surface area contributed by atoms with E-state index in [0.29, 0.717) is 10.6 Å². The number of halogens is 2. The second kappa shape index (κ2) is 4.27. The molecule has 2 unspecified atom stereocenters. The van der Waals surface area contributed by atoms with Crippen molar-refractivity contribution < 1.29 is 9.13 Å². The van der Waals surface area contributed by atoms with Gasteiger partial charge < -0.3 is 4.74 Å². The molecule has 2 atom stereocenters. The fourth-order valence-corrected chi connectivity index (χ4v) is 4.32. The standard InChI is InChI=1S/C14H16BrFO/c15-12-9-13(14(12)7-3-4-8-14)17-11-6-2-1-5-10(11)16/h1-2,5-6,12-13H,3-4,7-9H2. The van der Waals surface area contributed by atoms with Crippen molar-refractivity contribution in [2.45, 2.75) is 43.0 Å². The summed E-state index contributed by atoms with van der Waals surface area (Å²) in [6.45, 7) is 0. The summed E-state index contributed by atoms with van der Waals surface area (Å²) in [7, 11) is 0. The molecule has 92 valence electrons. The van der Waals surface area contributed by atoms with Gasteiger partial charge in [0.1, 0.15) is 6.10 Å². The molecule has 2 saturated carbocycles. The number of hydrogen-bond donors (Lipinski definition) is 0. The Bertz CT molecular complexity index is 414. The lowest BCUT2D eigenvalue weighted by atomic mass is 9.64.